The lowest BCUT2D eigenvalue weighted by Crippen LogP contribution is -2.23. The Kier molecular flexibility index (Phi) is 3.63. The van der Waals surface area contributed by atoms with Gasteiger partial charge >= 0.3 is 0 Å². The fraction of sp³-hybridized carbons (Fsp3) is 0.455. The summed E-state index contributed by atoms with van der Waals surface area (Å²) in [5, 5.41) is 3.51. The van der Waals surface area contributed by atoms with Crippen molar-refractivity contribution in [2.45, 2.75) is 25.3 Å². The molecule has 1 N–H and O–H groups in total. The smallest absolute Gasteiger partial charge is 0.0320 e. The van der Waals surface area contributed by atoms with Gasteiger partial charge in [0.25, 0.3) is 0 Å². The molecule has 0 aliphatic carbocycles. The molecule has 0 saturated carbocycles. The molecular formula is C11H13Br2N. The number of rotatable bonds is 2. The minimum atomic E-state index is 0.683. The molecule has 1 unspecified atom stereocenters. The Morgan fingerprint density at radius 3 is 2.79 bits per heavy atom. The first kappa shape index (κ1) is 10.7. The van der Waals surface area contributed by atoms with Crippen LogP contribution in [0.1, 0.15) is 18.4 Å². The van der Waals surface area contributed by atoms with Gasteiger partial charge in [0.2, 0.25) is 0 Å². The second-order valence-electron chi connectivity index (χ2n) is 3.75. The molecule has 1 aromatic carbocycles. The molecule has 0 aromatic heterocycles. The Hall–Kier alpha value is 0.140. The number of nitrogens with one attached hydrogen (secondary N) is 1. The number of hydrogen-bond donors (Lipinski definition) is 1. The van der Waals surface area contributed by atoms with E-state index in [0.29, 0.717) is 6.04 Å². The first-order valence-electron chi connectivity index (χ1n) is 4.93. The zero-order valence-electron chi connectivity index (χ0n) is 7.89. The number of halogens is 2. The third-order valence-electron chi connectivity index (χ3n) is 2.63. The van der Waals surface area contributed by atoms with E-state index < -0.39 is 0 Å². The Bertz CT molecular complexity index is 319. The van der Waals surface area contributed by atoms with Crippen molar-refractivity contribution in [2.75, 3.05) is 6.54 Å². The van der Waals surface area contributed by atoms with Gasteiger partial charge in [-0.1, -0.05) is 6.07 Å². The molecule has 1 heterocycles. The van der Waals surface area contributed by atoms with E-state index in [2.05, 4.69) is 55.4 Å². The van der Waals surface area contributed by atoms with Gasteiger partial charge in [-0.05, 0) is 75.4 Å². The lowest BCUT2D eigenvalue weighted by atomic mass is 10.1. The zero-order chi connectivity index (χ0) is 9.97. The molecule has 1 aromatic rings. The molecule has 1 nitrogen and oxygen atoms in total. The van der Waals surface area contributed by atoms with E-state index in [1.807, 2.05) is 0 Å². The molecule has 0 bridgehead atoms. The summed E-state index contributed by atoms with van der Waals surface area (Å²) in [5.41, 5.74) is 1.40. The van der Waals surface area contributed by atoms with Crippen LogP contribution in [0.2, 0.25) is 0 Å². The van der Waals surface area contributed by atoms with Crippen molar-refractivity contribution in [2.24, 2.45) is 0 Å². The topological polar surface area (TPSA) is 12.0 Å². The normalized spacial score (nSPS) is 21.4. The van der Waals surface area contributed by atoms with Gasteiger partial charge in [-0.2, -0.15) is 0 Å². The lowest BCUT2D eigenvalue weighted by Gasteiger charge is -2.10. The zero-order valence-corrected chi connectivity index (χ0v) is 11.1. The highest BCUT2D eigenvalue weighted by Gasteiger charge is 2.14. The largest absolute Gasteiger partial charge is 0.314 e. The van der Waals surface area contributed by atoms with Crippen LogP contribution in [0.25, 0.3) is 0 Å². The SMILES string of the molecule is Brc1ccc(CC2CCCN2)cc1Br. The highest BCUT2D eigenvalue weighted by atomic mass is 79.9. The average molecular weight is 319 g/mol. The maximum Gasteiger partial charge on any atom is 0.0320 e. The van der Waals surface area contributed by atoms with Crippen molar-refractivity contribution in [1.29, 1.82) is 0 Å². The Balaban J connectivity index is 2.05. The molecule has 3 heteroatoms. The second kappa shape index (κ2) is 4.77. The van der Waals surface area contributed by atoms with Crippen molar-refractivity contribution in [3.8, 4) is 0 Å². The summed E-state index contributed by atoms with van der Waals surface area (Å²) in [6.45, 7) is 1.18. The Morgan fingerprint density at radius 1 is 1.29 bits per heavy atom. The van der Waals surface area contributed by atoms with Crippen LogP contribution < -0.4 is 5.32 Å². The maximum absolute atomic E-state index is 3.53. The van der Waals surface area contributed by atoms with Crippen molar-refractivity contribution in [3.05, 3.63) is 32.7 Å². The molecule has 1 saturated heterocycles. The summed E-state index contributed by atoms with van der Waals surface area (Å²) in [6, 6.07) is 7.18. The van der Waals surface area contributed by atoms with Crippen molar-refractivity contribution < 1.29 is 0 Å². The predicted molar refractivity (Wildman–Crippen MR) is 66.6 cm³/mol. The van der Waals surface area contributed by atoms with E-state index in [1.165, 1.54) is 24.9 Å². The maximum atomic E-state index is 3.53. The first-order chi connectivity index (χ1) is 6.75. The van der Waals surface area contributed by atoms with Gasteiger partial charge in [0.15, 0.2) is 0 Å². The summed E-state index contributed by atoms with van der Waals surface area (Å²) >= 11 is 7.01. The van der Waals surface area contributed by atoms with Crippen LogP contribution in [0.15, 0.2) is 27.1 Å². The van der Waals surface area contributed by atoms with Gasteiger partial charge in [-0.3, -0.25) is 0 Å². The van der Waals surface area contributed by atoms with E-state index in [4.69, 9.17) is 0 Å². The van der Waals surface area contributed by atoms with Crippen molar-refractivity contribution >= 4 is 31.9 Å². The first-order valence-corrected chi connectivity index (χ1v) is 6.51. The van der Waals surface area contributed by atoms with Crippen LogP contribution >= 0.6 is 31.9 Å². The fourth-order valence-corrected chi connectivity index (χ4v) is 2.55. The molecule has 76 valence electrons. The molecule has 1 atom stereocenters. The molecule has 2 rings (SSSR count). The fourth-order valence-electron chi connectivity index (χ4n) is 1.88. The van der Waals surface area contributed by atoms with E-state index in [9.17, 15) is 0 Å². The average Bonchev–Trinajstić information content (AvgIpc) is 2.64. The lowest BCUT2D eigenvalue weighted by molar-refractivity contribution is 0.603. The van der Waals surface area contributed by atoms with Gasteiger partial charge in [0.1, 0.15) is 0 Å². The van der Waals surface area contributed by atoms with Gasteiger partial charge < -0.3 is 5.32 Å². The van der Waals surface area contributed by atoms with E-state index in [0.717, 1.165) is 15.4 Å². The third kappa shape index (κ3) is 2.59. The molecule has 0 spiro atoms. The van der Waals surface area contributed by atoms with Gasteiger partial charge in [-0.15, -0.1) is 0 Å². The molecule has 0 amide bonds. The summed E-state index contributed by atoms with van der Waals surface area (Å²) < 4.78 is 2.27. The summed E-state index contributed by atoms with van der Waals surface area (Å²) in [7, 11) is 0. The standard InChI is InChI=1S/C11H13Br2N/c12-10-4-3-8(7-11(10)13)6-9-2-1-5-14-9/h3-4,7,9,14H,1-2,5-6H2. The summed E-state index contributed by atoms with van der Waals surface area (Å²) in [5.74, 6) is 0. The molecule has 1 fully saturated rings. The molecule has 1 aliphatic rings. The van der Waals surface area contributed by atoms with Gasteiger partial charge in [0, 0.05) is 15.0 Å². The van der Waals surface area contributed by atoms with E-state index >= 15 is 0 Å². The minimum Gasteiger partial charge on any atom is -0.314 e. The van der Waals surface area contributed by atoms with Gasteiger partial charge in [-0.25, -0.2) is 0 Å². The highest BCUT2D eigenvalue weighted by molar-refractivity contribution is 9.13. The van der Waals surface area contributed by atoms with Crippen LogP contribution in [0.4, 0.5) is 0 Å². The molecule has 1 aliphatic heterocycles. The Labute approximate surface area is 102 Å². The van der Waals surface area contributed by atoms with E-state index in [1.54, 1.807) is 0 Å². The Morgan fingerprint density at radius 2 is 2.14 bits per heavy atom. The van der Waals surface area contributed by atoms with Crippen LogP contribution in [-0.2, 0) is 6.42 Å². The van der Waals surface area contributed by atoms with Crippen LogP contribution in [0, 0.1) is 0 Å². The van der Waals surface area contributed by atoms with Gasteiger partial charge in [0.05, 0.1) is 0 Å². The van der Waals surface area contributed by atoms with Crippen LogP contribution in [0.3, 0.4) is 0 Å². The molecule has 14 heavy (non-hydrogen) atoms. The quantitative estimate of drug-likeness (QED) is 0.880. The second-order valence-corrected chi connectivity index (χ2v) is 5.45. The van der Waals surface area contributed by atoms with Crippen LogP contribution in [-0.4, -0.2) is 12.6 Å². The van der Waals surface area contributed by atoms with E-state index in [-0.39, 0.29) is 0 Å². The molecule has 0 radical (unpaired) electrons. The summed E-state index contributed by atoms with van der Waals surface area (Å²) in [6.07, 6.45) is 3.78. The van der Waals surface area contributed by atoms with Crippen molar-refractivity contribution in [1.82, 2.24) is 5.32 Å². The number of benzene rings is 1. The van der Waals surface area contributed by atoms with Crippen molar-refractivity contribution in [3.63, 3.8) is 0 Å². The third-order valence-corrected chi connectivity index (χ3v) is 4.51. The predicted octanol–water partition coefficient (Wildman–Crippen LogP) is 3.51. The minimum absolute atomic E-state index is 0.683. The monoisotopic (exact) mass is 317 g/mol. The summed E-state index contributed by atoms with van der Waals surface area (Å²) in [4.78, 5) is 0. The molecular weight excluding hydrogens is 306 g/mol. The van der Waals surface area contributed by atoms with Crippen LogP contribution in [0.5, 0.6) is 0 Å². The highest BCUT2D eigenvalue weighted by Crippen LogP contribution is 2.25. The number of hydrogen-bond acceptors (Lipinski definition) is 1.